The monoisotopic (exact) mass is 489 g/mol. The summed E-state index contributed by atoms with van der Waals surface area (Å²) in [7, 11) is 0. The Hall–Kier alpha value is -4.25. The van der Waals surface area contributed by atoms with Gasteiger partial charge in [0.05, 0.1) is 34.0 Å². The molecule has 5 rings (SSSR count). The average molecular weight is 490 g/mol. The van der Waals surface area contributed by atoms with E-state index < -0.39 is 0 Å². The molecule has 0 saturated carbocycles. The van der Waals surface area contributed by atoms with Crippen molar-refractivity contribution in [2.75, 3.05) is 0 Å². The first-order valence-corrected chi connectivity index (χ1v) is 12.8. The van der Waals surface area contributed by atoms with Crippen LogP contribution in [0.4, 0.5) is 0 Å². The Balaban J connectivity index is 1.38. The van der Waals surface area contributed by atoms with Crippen LogP contribution in [0.5, 0.6) is 0 Å². The van der Waals surface area contributed by atoms with Gasteiger partial charge in [0.1, 0.15) is 5.82 Å². The second-order valence-corrected chi connectivity index (χ2v) is 10.4. The molecule has 2 N–H and O–H groups in total. The van der Waals surface area contributed by atoms with E-state index in [9.17, 15) is 0 Å². The fourth-order valence-corrected chi connectivity index (χ4v) is 4.99. The fraction of sp³-hybridized carbons (Fsp3) is 0.219. The van der Waals surface area contributed by atoms with Crippen molar-refractivity contribution >= 4 is 5.70 Å². The molecule has 37 heavy (non-hydrogen) atoms. The third kappa shape index (κ3) is 4.90. The maximum atomic E-state index is 4.93. The van der Waals surface area contributed by atoms with E-state index in [1.54, 1.807) is 0 Å². The molecule has 0 amide bonds. The van der Waals surface area contributed by atoms with Crippen molar-refractivity contribution in [2.24, 2.45) is 5.41 Å². The predicted octanol–water partition coefficient (Wildman–Crippen LogP) is 6.97. The van der Waals surface area contributed by atoms with Crippen molar-refractivity contribution in [2.45, 2.75) is 38.6 Å². The zero-order valence-corrected chi connectivity index (χ0v) is 21.7. The number of hydrogen-bond donors (Lipinski definition) is 2. The minimum atomic E-state index is -0.308. The Labute approximate surface area is 220 Å². The molecule has 2 aliphatic rings. The number of para-hydroxylation sites is 1. The molecule has 1 aliphatic carbocycles. The van der Waals surface area contributed by atoms with Gasteiger partial charge in [0.25, 0.3) is 0 Å². The van der Waals surface area contributed by atoms with Gasteiger partial charge in [0.15, 0.2) is 0 Å². The maximum Gasteiger partial charge on any atom is 0.119 e. The van der Waals surface area contributed by atoms with E-state index in [1.165, 1.54) is 0 Å². The number of rotatable bonds is 8. The Morgan fingerprint density at radius 1 is 1.00 bits per heavy atom. The van der Waals surface area contributed by atoms with Crippen molar-refractivity contribution in [3.05, 3.63) is 128 Å². The molecule has 1 fully saturated rings. The van der Waals surface area contributed by atoms with Gasteiger partial charge in [-0.1, -0.05) is 99.5 Å². The highest BCUT2D eigenvalue weighted by molar-refractivity contribution is 5.68. The van der Waals surface area contributed by atoms with Gasteiger partial charge in [-0.2, -0.15) is 5.10 Å². The first-order chi connectivity index (χ1) is 17.8. The summed E-state index contributed by atoms with van der Waals surface area (Å²) in [6, 6.07) is 22.4. The summed E-state index contributed by atoms with van der Waals surface area (Å²) >= 11 is 0. The van der Waals surface area contributed by atoms with Crippen LogP contribution in [0, 0.1) is 5.41 Å². The molecule has 2 heterocycles. The van der Waals surface area contributed by atoms with Gasteiger partial charge in [0, 0.05) is 5.56 Å². The quantitative estimate of drug-likeness (QED) is 0.359. The lowest BCUT2D eigenvalue weighted by Crippen LogP contribution is -2.39. The van der Waals surface area contributed by atoms with Crippen molar-refractivity contribution in [3.63, 3.8) is 0 Å². The van der Waals surface area contributed by atoms with Crippen LogP contribution in [0.1, 0.15) is 38.8 Å². The van der Waals surface area contributed by atoms with Crippen molar-refractivity contribution in [1.82, 2.24) is 25.5 Å². The molecule has 1 aliphatic heterocycles. The molecule has 0 spiro atoms. The standard InChI is InChI=1S/C32H35N5/c1-24(30-23-29(27-15-9-6-10-16-27)35-37(30)28-17-11-7-12-18-28)34-36-25(2)32(5,33-26(36)3)22-21-31(4)19-13-8-14-20-31/h6-19,23,33-34H,1-3,20-22H2,4-5H3. The number of aromatic nitrogens is 2. The zero-order valence-electron chi connectivity index (χ0n) is 21.7. The largest absolute Gasteiger partial charge is 0.360 e. The highest BCUT2D eigenvalue weighted by atomic mass is 15.6. The summed E-state index contributed by atoms with van der Waals surface area (Å²) < 4.78 is 1.93. The number of benzene rings is 2. The summed E-state index contributed by atoms with van der Waals surface area (Å²) in [5.41, 5.74) is 8.71. The van der Waals surface area contributed by atoms with Gasteiger partial charge in [-0.3, -0.25) is 5.43 Å². The van der Waals surface area contributed by atoms with Crippen molar-refractivity contribution < 1.29 is 0 Å². The number of allylic oxidation sites excluding steroid dienone is 4. The Morgan fingerprint density at radius 2 is 1.70 bits per heavy atom. The molecule has 3 aromatic rings. The minimum Gasteiger partial charge on any atom is -0.360 e. The van der Waals surface area contributed by atoms with E-state index in [2.05, 4.69) is 86.8 Å². The van der Waals surface area contributed by atoms with Gasteiger partial charge in [-0.15, -0.1) is 0 Å². The molecule has 5 nitrogen and oxygen atoms in total. The zero-order chi connectivity index (χ0) is 26.0. The predicted molar refractivity (Wildman–Crippen MR) is 153 cm³/mol. The molecule has 5 heteroatoms. The van der Waals surface area contributed by atoms with E-state index >= 15 is 0 Å². The summed E-state index contributed by atoms with van der Waals surface area (Å²) in [6.45, 7) is 17.6. The average Bonchev–Trinajstić information content (AvgIpc) is 3.45. The second-order valence-electron chi connectivity index (χ2n) is 10.4. The number of nitrogens with one attached hydrogen (secondary N) is 2. The van der Waals surface area contributed by atoms with E-state index in [0.717, 1.165) is 53.4 Å². The van der Waals surface area contributed by atoms with Crippen LogP contribution in [-0.2, 0) is 0 Å². The van der Waals surface area contributed by atoms with Crippen molar-refractivity contribution in [3.8, 4) is 16.9 Å². The number of hydrazine groups is 1. The SMILES string of the molecule is C=C(NN1C(=C)NC(C)(CCC2(C)C=CC=CC2)C1=C)c1cc(-c2ccccc2)nn1-c1ccccc1. The van der Waals surface area contributed by atoms with Gasteiger partial charge in [-0.25, -0.2) is 9.69 Å². The third-order valence-corrected chi connectivity index (χ3v) is 7.46. The van der Waals surface area contributed by atoms with E-state index in [0.29, 0.717) is 5.70 Å². The molecule has 1 saturated heterocycles. The first kappa shape index (κ1) is 24.4. The number of hydrogen-bond acceptors (Lipinski definition) is 4. The highest BCUT2D eigenvalue weighted by Crippen LogP contribution is 2.39. The summed E-state index contributed by atoms with van der Waals surface area (Å²) in [5, 5.41) is 10.4. The Kier molecular flexibility index (Phi) is 6.38. The smallest absolute Gasteiger partial charge is 0.119 e. The molecule has 188 valence electrons. The second kappa shape index (κ2) is 9.66. The number of nitrogens with zero attached hydrogens (tertiary/aromatic N) is 3. The van der Waals surface area contributed by atoms with Crippen LogP contribution in [0.3, 0.4) is 0 Å². The maximum absolute atomic E-state index is 4.93. The molecule has 0 bridgehead atoms. The van der Waals surface area contributed by atoms with Gasteiger partial charge >= 0.3 is 0 Å². The van der Waals surface area contributed by atoms with Crippen LogP contribution in [0.15, 0.2) is 122 Å². The third-order valence-electron chi connectivity index (χ3n) is 7.46. The van der Waals surface area contributed by atoms with Crippen molar-refractivity contribution in [1.29, 1.82) is 0 Å². The fourth-order valence-electron chi connectivity index (χ4n) is 4.99. The molecular weight excluding hydrogens is 454 g/mol. The summed E-state index contributed by atoms with van der Waals surface area (Å²) in [6.07, 6.45) is 11.9. The lowest BCUT2D eigenvalue weighted by Gasteiger charge is -2.33. The Bertz CT molecular complexity index is 1380. The molecule has 2 unspecified atom stereocenters. The molecule has 2 aromatic carbocycles. The van der Waals surface area contributed by atoms with Crippen LogP contribution in [-0.4, -0.2) is 20.3 Å². The summed E-state index contributed by atoms with van der Waals surface area (Å²) in [5.74, 6) is 0.756. The normalized spacial score (nSPS) is 22.8. The van der Waals surface area contributed by atoms with Crippen LogP contribution in [0.2, 0.25) is 0 Å². The van der Waals surface area contributed by atoms with Gasteiger partial charge in [0.2, 0.25) is 0 Å². The van der Waals surface area contributed by atoms with E-state index in [4.69, 9.17) is 5.10 Å². The van der Waals surface area contributed by atoms with Gasteiger partial charge < -0.3 is 5.32 Å². The molecule has 0 radical (unpaired) electrons. The van der Waals surface area contributed by atoms with Crippen LogP contribution >= 0.6 is 0 Å². The highest BCUT2D eigenvalue weighted by Gasteiger charge is 2.41. The first-order valence-electron chi connectivity index (χ1n) is 12.8. The topological polar surface area (TPSA) is 45.1 Å². The Morgan fingerprint density at radius 3 is 2.38 bits per heavy atom. The minimum absolute atomic E-state index is 0.154. The molecular formula is C32H35N5. The van der Waals surface area contributed by atoms with E-state index in [1.807, 2.05) is 58.2 Å². The van der Waals surface area contributed by atoms with Crippen LogP contribution in [0.25, 0.3) is 22.6 Å². The van der Waals surface area contributed by atoms with Gasteiger partial charge in [-0.05, 0) is 49.8 Å². The summed E-state index contributed by atoms with van der Waals surface area (Å²) in [4.78, 5) is 0. The lowest BCUT2D eigenvalue weighted by atomic mass is 9.76. The molecule has 1 aromatic heterocycles. The van der Waals surface area contributed by atoms with E-state index in [-0.39, 0.29) is 11.0 Å². The molecule has 2 atom stereocenters. The van der Waals surface area contributed by atoms with Crippen LogP contribution < -0.4 is 10.7 Å². The lowest BCUT2D eigenvalue weighted by molar-refractivity contribution is 0.313.